The van der Waals surface area contributed by atoms with E-state index < -0.39 is 0 Å². The average molecular weight is 441 g/mol. The quantitative estimate of drug-likeness (QED) is 0.507. The first-order valence-corrected chi connectivity index (χ1v) is 11.2. The number of fused-ring (bicyclic) bond motifs is 1. The molecule has 0 bridgehead atoms. The van der Waals surface area contributed by atoms with Gasteiger partial charge in [0, 0.05) is 42.4 Å². The van der Waals surface area contributed by atoms with Crippen molar-refractivity contribution in [1.82, 2.24) is 30.3 Å². The minimum atomic E-state index is -0.141. The summed E-state index contributed by atoms with van der Waals surface area (Å²) < 4.78 is 1.73. The number of H-pyrrole nitrogens is 1. The number of aryl methyl sites for hydroxylation is 1. The molecular weight excluding hydrogens is 416 g/mol. The summed E-state index contributed by atoms with van der Waals surface area (Å²) in [6.07, 6.45) is 9.34. The van der Waals surface area contributed by atoms with E-state index in [9.17, 15) is 9.59 Å². The fourth-order valence-electron chi connectivity index (χ4n) is 5.57. The monoisotopic (exact) mass is 440 g/mol. The van der Waals surface area contributed by atoms with E-state index in [0.29, 0.717) is 16.9 Å². The summed E-state index contributed by atoms with van der Waals surface area (Å²) in [7, 11) is 1.86. The highest BCUT2D eigenvalue weighted by Crippen LogP contribution is 2.62. The lowest BCUT2D eigenvalue weighted by Crippen LogP contribution is -2.55. The maximum Gasteiger partial charge on any atom is 0.272 e. The summed E-state index contributed by atoms with van der Waals surface area (Å²) in [6, 6.07) is 11.5. The molecule has 8 heteroatoms. The molecule has 0 saturated heterocycles. The van der Waals surface area contributed by atoms with Crippen LogP contribution in [0.4, 0.5) is 0 Å². The predicted molar refractivity (Wildman–Crippen MR) is 124 cm³/mol. The Morgan fingerprint density at radius 3 is 2.58 bits per heavy atom. The molecule has 0 unspecified atom stereocenters. The first kappa shape index (κ1) is 19.8. The highest BCUT2D eigenvalue weighted by molar-refractivity contribution is 5.94. The third kappa shape index (κ3) is 3.42. The molecule has 2 aliphatic rings. The van der Waals surface area contributed by atoms with Gasteiger partial charge in [-0.25, -0.2) is 5.10 Å². The van der Waals surface area contributed by atoms with Crippen LogP contribution in [0.25, 0.3) is 22.0 Å². The molecule has 2 saturated carbocycles. The zero-order valence-electron chi connectivity index (χ0n) is 18.3. The number of aromatic amines is 1. The number of pyridine rings is 1. The highest BCUT2D eigenvalue weighted by Gasteiger charge is 2.54. The molecule has 3 heterocycles. The lowest BCUT2D eigenvalue weighted by Gasteiger charge is -2.57. The fourth-order valence-corrected chi connectivity index (χ4v) is 5.57. The first-order valence-electron chi connectivity index (χ1n) is 11.2. The number of nitrogens with one attached hydrogen (secondary N) is 2. The van der Waals surface area contributed by atoms with Crippen LogP contribution in [0.5, 0.6) is 0 Å². The number of carbonyl (C=O) groups excluding carboxylic acids is 1. The second-order valence-electron chi connectivity index (χ2n) is 9.50. The van der Waals surface area contributed by atoms with Gasteiger partial charge in [-0.05, 0) is 49.3 Å². The van der Waals surface area contributed by atoms with Crippen LogP contribution in [0.3, 0.4) is 0 Å². The van der Waals surface area contributed by atoms with E-state index in [4.69, 9.17) is 0 Å². The molecule has 1 spiro atoms. The van der Waals surface area contributed by atoms with Crippen molar-refractivity contribution in [2.45, 2.75) is 37.6 Å². The van der Waals surface area contributed by atoms with Crippen molar-refractivity contribution in [1.29, 1.82) is 0 Å². The van der Waals surface area contributed by atoms with Crippen molar-refractivity contribution < 1.29 is 4.79 Å². The maximum atomic E-state index is 12.7. The van der Waals surface area contributed by atoms with E-state index in [-0.39, 0.29) is 22.9 Å². The molecule has 3 aromatic heterocycles. The number of amides is 1. The first-order chi connectivity index (χ1) is 16.0. The largest absolute Gasteiger partial charge is 0.349 e. The summed E-state index contributed by atoms with van der Waals surface area (Å²) in [5.41, 5.74) is 3.42. The van der Waals surface area contributed by atoms with Crippen molar-refractivity contribution in [3.05, 3.63) is 76.6 Å². The Bertz CT molecular complexity index is 1410. The maximum absolute atomic E-state index is 12.7. The van der Waals surface area contributed by atoms with Crippen LogP contribution in [0, 0.1) is 5.41 Å². The number of carbonyl (C=O) groups is 1. The van der Waals surface area contributed by atoms with Crippen LogP contribution >= 0.6 is 0 Å². The van der Waals surface area contributed by atoms with Gasteiger partial charge in [0.15, 0.2) is 0 Å². The molecule has 166 valence electrons. The Labute approximate surface area is 190 Å². The van der Waals surface area contributed by atoms with E-state index in [1.165, 1.54) is 0 Å². The SMILES string of the molecule is Cn1cc(-c2ccc(C(=O)N[C@H]3CC4(C3)C[C@H](c3n[nH]c(=O)c5ccccc53)C4)cn2)cn1. The van der Waals surface area contributed by atoms with E-state index in [0.717, 1.165) is 48.0 Å². The molecule has 2 N–H and O–H groups in total. The van der Waals surface area contributed by atoms with E-state index in [2.05, 4.69) is 25.6 Å². The Balaban J connectivity index is 1.06. The predicted octanol–water partition coefficient (Wildman–Crippen LogP) is 3.17. The molecule has 1 aromatic carbocycles. The van der Waals surface area contributed by atoms with Gasteiger partial charge in [-0.15, -0.1) is 0 Å². The second kappa shape index (κ2) is 7.37. The molecule has 1 amide bonds. The summed E-state index contributed by atoms with van der Waals surface area (Å²) in [6.45, 7) is 0. The zero-order valence-corrected chi connectivity index (χ0v) is 18.3. The number of rotatable bonds is 4. The molecular formula is C25H24N6O2. The topological polar surface area (TPSA) is 106 Å². The molecule has 4 aromatic rings. The van der Waals surface area contributed by atoms with Crippen molar-refractivity contribution in [2.75, 3.05) is 0 Å². The van der Waals surface area contributed by atoms with Crippen LogP contribution in [0.15, 0.2) is 59.8 Å². The van der Waals surface area contributed by atoms with Gasteiger partial charge < -0.3 is 5.32 Å². The summed E-state index contributed by atoms with van der Waals surface area (Å²) in [5.74, 6) is 0.275. The summed E-state index contributed by atoms with van der Waals surface area (Å²) in [4.78, 5) is 29.1. The van der Waals surface area contributed by atoms with Gasteiger partial charge in [-0.3, -0.25) is 19.3 Å². The van der Waals surface area contributed by atoms with Gasteiger partial charge in [-0.1, -0.05) is 18.2 Å². The van der Waals surface area contributed by atoms with Gasteiger partial charge in [0.1, 0.15) is 0 Å². The van der Waals surface area contributed by atoms with Crippen LogP contribution < -0.4 is 10.9 Å². The number of aromatic nitrogens is 5. The number of hydrogen-bond acceptors (Lipinski definition) is 5. The van der Waals surface area contributed by atoms with E-state index >= 15 is 0 Å². The smallest absolute Gasteiger partial charge is 0.272 e. The molecule has 2 aliphatic carbocycles. The minimum Gasteiger partial charge on any atom is -0.349 e. The minimum absolute atomic E-state index is 0.0794. The lowest BCUT2D eigenvalue weighted by atomic mass is 9.49. The lowest BCUT2D eigenvalue weighted by molar-refractivity contribution is -0.0196. The van der Waals surface area contributed by atoms with Crippen LogP contribution in [0.2, 0.25) is 0 Å². The molecule has 2 fully saturated rings. The number of nitrogens with zero attached hydrogens (tertiary/aromatic N) is 4. The van der Waals surface area contributed by atoms with Crippen molar-refractivity contribution in [3.63, 3.8) is 0 Å². The molecule has 33 heavy (non-hydrogen) atoms. The van der Waals surface area contributed by atoms with Gasteiger partial charge >= 0.3 is 0 Å². The van der Waals surface area contributed by atoms with Crippen molar-refractivity contribution in [3.8, 4) is 11.3 Å². The summed E-state index contributed by atoms with van der Waals surface area (Å²) >= 11 is 0. The molecule has 0 aliphatic heterocycles. The van der Waals surface area contributed by atoms with Crippen LogP contribution in [0.1, 0.15) is 47.7 Å². The molecule has 8 nitrogen and oxygen atoms in total. The fraction of sp³-hybridized carbons (Fsp3) is 0.320. The Morgan fingerprint density at radius 2 is 1.88 bits per heavy atom. The zero-order chi connectivity index (χ0) is 22.6. The molecule has 0 radical (unpaired) electrons. The van der Waals surface area contributed by atoms with E-state index in [1.54, 1.807) is 17.1 Å². The van der Waals surface area contributed by atoms with Gasteiger partial charge in [0.25, 0.3) is 11.5 Å². The molecule has 6 rings (SSSR count). The normalized spacial score (nSPS) is 23.8. The second-order valence-corrected chi connectivity index (χ2v) is 9.50. The third-order valence-electron chi connectivity index (χ3n) is 7.19. The number of hydrogen-bond donors (Lipinski definition) is 2. The van der Waals surface area contributed by atoms with Crippen molar-refractivity contribution in [2.24, 2.45) is 12.5 Å². The molecule has 0 atom stereocenters. The summed E-state index contributed by atoms with van der Waals surface area (Å²) in [5, 5.41) is 16.0. The highest BCUT2D eigenvalue weighted by atomic mass is 16.1. The Morgan fingerprint density at radius 1 is 1.09 bits per heavy atom. The Kier molecular flexibility index (Phi) is 4.43. The average Bonchev–Trinajstić information content (AvgIpc) is 3.22. The van der Waals surface area contributed by atoms with Crippen LogP contribution in [-0.4, -0.2) is 36.9 Å². The third-order valence-corrected chi connectivity index (χ3v) is 7.19. The van der Waals surface area contributed by atoms with Crippen molar-refractivity contribution >= 4 is 16.7 Å². The van der Waals surface area contributed by atoms with E-state index in [1.807, 2.05) is 49.6 Å². The van der Waals surface area contributed by atoms with Crippen LogP contribution in [-0.2, 0) is 7.05 Å². The number of benzene rings is 1. The van der Waals surface area contributed by atoms with Gasteiger partial charge in [0.05, 0.1) is 28.5 Å². The van der Waals surface area contributed by atoms with Gasteiger partial charge in [0.2, 0.25) is 0 Å². The van der Waals surface area contributed by atoms with Gasteiger partial charge in [-0.2, -0.15) is 10.2 Å². The standard InChI is InChI=1S/C25H24N6O2/c1-31-14-17(13-27-31)21-7-6-15(12-26-21)23(32)28-18-10-25(11-18)8-16(9-25)22-19-4-2-3-5-20(19)24(33)30-29-22/h2-7,12-14,16,18H,8-11H2,1H3,(H,28,32)(H,30,33)/t16-,18-,25?. The Hall–Kier alpha value is -3.81.